The van der Waals surface area contributed by atoms with Crippen LogP contribution in [0.4, 0.5) is 0 Å². The van der Waals surface area contributed by atoms with Gasteiger partial charge in [-0.3, -0.25) is 0 Å². The molecule has 1 aliphatic carbocycles. The average molecular weight is 492 g/mol. The third kappa shape index (κ3) is 3.32. The number of rotatable bonds is 4. The molecular formula is C27H31BrSi2. The fourth-order valence-electron chi connectivity index (χ4n) is 5.91. The van der Waals surface area contributed by atoms with Crippen molar-refractivity contribution in [2.24, 2.45) is 0 Å². The van der Waals surface area contributed by atoms with Crippen molar-refractivity contribution in [3.8, 4) is 11.1 Å². The van der Waals surface area contributed by atoms with Crippen LogP contribution in [-0.2, 0) is 4.66 Å². The second kappa shape index (κ2) is 7.47. The van der Waals surface area contributed by atoms with E-state index in [1.807, 2.05) is 0 Å². The lowest BCUT2D eigenvalue weighted by Gasteiger charge is -2.51. The second-order valence-corrected chi connectivity index (χ2v) is 22.4. The summed E-state index contributed by atoms with van der Waals surface area (Å²) in [7, 11) is -3.26. The number of fused-ring (bicyclic) bond motifs is 3. The van der Waals surface area contributed by atoms with E-state index >= 15 is 0 Å². The summed E-state index contributed by atoms with van der Waals surface area (Å²) >= 11 is 3.78. The molecule has 0 amide bonds. The molecule has 0 saturated carbocycles. The topological polar surface area (TPSA) is 0 Å². The van der Waals surface area contributed by atoms with Crippen LogP contribution in [0.1, 0.15) is 22.3 Å². The number of hydrogen-bond acceptors (Lipinski definition) is 0. The first-order chi connectivity index (χ1) is 14.1. The first kappa shape index (κ1) is 21.5. The molecule has 3 aromatic rings. The van der Waals surface area contributed by atoms with E-state index < -0.39 is 16.1 Å². The summed E-state index contributed by atoms with van der Waals surface area (Å²) in [4.78, 5) is 0. The fraction of sp³-hybridized carbons (Fsp3) is 0.259. The Labute approximate surface area is 192 Å². The lowest BCUT2D eigenvalue weighted by Crippen LogP contribution is -2.63. The first-order valence-electron chi connectivity index (χ1n) is 10.7. The normalized spacial score (nSPS) is 15.3. The van der Waals surface area contributed by atoms with Crippen LogP contribution in [0.15, 0.2) is 71.2 Å². The third-order valence-electron chi connectivity index (χ3n) is 6.64. The Hall–Kier alpha value is -1.69. The first-order valence-corrected chi connectivity index (χ1v) is 18.5. The molecule has 0 unspecified atom stereocenters. The van der Waals surface area contributed by atoms with E-state index in [0.29, 0.717) is 0 Å². The lowest BCUT2D eigenvalue weighted by atomic mass is 10.0. The molecule has 3 aromatic carbocycles. The molecule has 3 heteroatoms. The van der Waals surface area contributed by atoms with Gasteiger partial charge in [-0.15, -0.1) is 0 Å². The summed E-state index contributed by atoms with van der Waals surface area (Å²) in [6.45, 7) is 15.4. The molecule has 0 saturated heterocycles. The third-order valence-corrected chi connectivity index (χ3v) is 17.2. The molecule has 30 heavy (non-hydrogen) atoms. The van der Waals surface area contributed by atoms with Gasteiger partial charge in [0.2, 0.25) is 0 Å². The van der Waals surface area contributed by atoms with Gasteiger partial charge in [0, 0.05) is 9.13 Å². The highest BCUT2D eigenvalue weighted by atomic mass is 79.9. The molecule has 4 rings (SSSR count). The van der Waals surface area contributed by atoms with Crippen LogP contribution in [0.5, 0.6) is 0 Å². The van der Waals surface area contributed by atoms with E-state index in [9.17, 15) is 0 Å². The maximum atomic E-state index is 3.78. The quantitative estimate of drug-likeness (QED) is 0.253. The zero-order valence-corrected chi connectivity index (χ0v) is 22.5. The minimum Gasteiger partial charge on any atom is -0.0688 e. The van der Waals surface area contributed by atoms with Crippen LogP contribution in [0.25, 0.3) is 23.3 Å². The Kier molecular flexibility index (Phi) is 5.36. The Morgan fingerprint density at radius 1 is 0.633 bits per heavy atom. The predicted octanol–water partition coefficient (Wildman–Crippen LogP) is 8.64. The maximum absolute atomic E-state index is 3.78. The largest absolute Gasteiger partial charge is 0.0688 e. The predicted molar refractivity (Wildman–Crippen MR) is 142 cm³/mol. The van der Waals surface area contributed by atoms with Crippen molar-refractivity contribution in [2.75, 3.05) is 0 Å². The van der Waals surface area contributed by atoms with Crippen LogP contribution in [-0.4, -0.2) is 16.1 Å². The standard InChI is InChI=1S/C27H31BrSi2/c1-29(2,3)27(30(4,5)6)25-18-21(13-12-20-10-8-7-9-11-20)14-16-23(25)24-17-15-22(28)19-26(24)27/h7-19H,1-6H3/b13-12+. The number of benzene rings is 3. The van der Waals surface area contributed by atoms with Crippen molar-refractivity contribution in [3.05, 3.63) is 93.5 Å². The molecule has 1 aliphatic rings. The van der Waals surface area contributed by atoms with E-state index in [0.717, 1.165) is 0 Å². The molecular weight excluding hydrogens is 460 g/mol. The molecule has 0 aliphatic heterocycles. The zero-order chi connectivity index (χ0) is 21.7. The number of halogens is 1. The summed E-state index contributed by atoms with van der Waals surface area (Å²) in [5, 5.41) is 0. The Bertz CT molecular complexity index is 1100. The summed E-state index contributed by atoms with van der Waals surface area (Å²) in [5.74, 6) is 0. The summed E-state index contributed by atoms with van der Waals surface area (Å²) in [6.07, 6.45) is 4.50. The van der Waals surface area contributed by atoms with E-state index in [1.165, 1.54) is 26.7 Å². The van der Waals surface area contributed by atoms with Gasteiger partial charge in [-0.25, -0.2) is 0 Å². The molecule has 0 fully saturated rings. The van der Waals surface area contributed by atoms with Crippen molar-refractivity contribution in [1.82, 2.24) is 0 Å². The van der Waals surface area contributed by atoms with Crippen molar-refractivity contribution < 1.29 is 0 Å². The van der Waals surface area contributed by atoms with E-state index in [4.69, 9.17) is 0 Å². The molecule has 0 spiro atoms. The molecule has 0 radical (unpaired) electrons. The Morgan fingerprint density at radius 2 is 1.17 bits per heavy atom. The Balaban J connectivity index is 1.97. The zero-order valence-electron chi connectivity index (χ0n) is 18.9. The van der Waals surface area contributed by atoms with Crippen LogP contribution >= 0.6 is 15.9 Å². The highest BCUT2D eigenvalue weighted by molar-refractivity contribution is 9.10. The van der Waals surface area contributed by atoms with Gasteiger partial charge in [0.15, 0.2) is 0 Å². The second-order valence-electron chi connectivity index (χ2n) is 10.5. The van der Waals surface area contributed by atoms with Gasteiger partial charge in [-0.05, 0) is 45.5 Å². The molecule has 154 valence electrons. The van der Waals surface area contributed by atoms with Crippen LogP contribution in [0.3, 0.4) is 0 Å². The molecule has 0 N–H and O–H groups in total. The van der Waals surface area contributed by atoms with Gasteiger partial charge in [-0.1, -0.05) is 122 Å². The number of hydrogen-bond donors (Lipinski definition) is 0. The van der Waals surface area contributed by atoms with Gasteiger partial charge >= 0.3 is 0 Å². The highest BCUT2D eigenvalue weighted by Gasteiger charge is 2.59. The SMILES string of the molecule is C[Si](C)(C)C1([Si](C)(C)C)c2cc(Br)ccc2-c2ccc(/C=C/c3ccccc3)cc21. The van der Waals surface area contributed by atoms with E-state index in [1.54, 1.807) is 11.1 Å². The van der Waals surface area contributed by atoms with Crippen LogP contribution < -0.4 is 0 Å². The van der Waals surface area contributed by atoms with Gasteiger partial charge < -0.3 is 0 Å². The van der Waals surface area contributed by atoms with Crippen LogP contribution in [0, 0.1) is 0 Å². The fourth-order valence-corrected chi connectivity index (χ4v) is 19.3. The summed E-state index contributed by atoms with van der Waals surface area (Å²) in [6, 6.07) is 24.7. The van der Waals surface area contributed by atoms with Crippen LogP contribution in [0.2, 0.25) is 39.3 Å². The van der Waals surface area contributed by atoms with Crippen molar-refractivity contribution in [3.63, 3.8) is 0 Å². The van der Waals surface area contributed by atoms with Gasteiger partial charge in [0.05, 0.1) is 16.1 Å². The Morgan fingerprint density at radius 3 is 1.77 bits per heavy atom. The molecule has 0 bridgehead atoms. The van der Waals surface area contributed by atoms with Gasteiger partial charge in [0.1, 0.15) is 0 Å². The average Bonchev–Trinajstić information content (AvgIpc) is 2.96. The molecule has 0 atom stereocenters. The van der Waals surface area contributed by atoms with Gasteiger partial charge in [0.25, 0.3) is 0 Å². The van der Waals surface area contributed by atoms with Crippen molar-refractivity contribution in [2.45, 2.75) is 43.9 Å². The lowest BCUT2D eigenvalue weighted by molar-refractivity contribution is 0.950. The highest BCUT2D eigenvalue weighted by Crippen LogP contribution is 2.58. The van der Waals surface area contributed by atoms with E-state index in [-0.39, 0.29) is 4.66 Å². The minimum atomic E-state index is -1.63. The molecule has 0 nitrogen and oxygen atoms in total. The van der Waals surface area contributed by atoms with Crippen molar-refractivity contribution in [1.29, 1.82) is 0 Å². The molecule has 0 aromatic heterocycles. The maximum Gasteiger partial charge on any atom is 0.0579 e. The molecule has 0 heterocycles. The summed E-state index contributed by atoms with van der Waals surface area (Å²) < 4.78 is 1.38. The minimum absolute atomic E-state index is 0.186. The monoisotopic (exact) mass is 490 g/mol. The smallest absolute Gasteiger partial charge is 0.0579 e. The van der Waals surface area contributed by atoms with Crippen molar-refractivity contribution >= 4 is 44.2 Å². The summed E-state index contributed by atoms with van der Waals surface area (Å²) in [5.41, 5.74) is 8.56. The van der Waals surface area contributed by atoms with Gasteiger partial charge in [-0.2, -0.15) is 0 Å². The van der Waals surface area contributed by atoms with E-state index in [2.05, 4.69) is 134 Å².